The van der Waals surface area contributed by atoms with Crippen molar-refractivity contribution in [2.45, 2.75) is 18.8 Å². The highest BCUT2D eigenvalue weighted by Crippen LogP contribution is 2.33. The maximum atomic E-state index is 13.9. The molecule has 1 saturated heterocycles. The third-order valence-corrected chi connectivity index (χ3v) is 5.73. The summed E-state index contributed by atoms with van der Waals surface area (Å²) in [5.41, 5.74) is 0.891. The fraction of sp³-hybridized carbons (Fsp3) is 0.263. The van der Waals surface area contributed by atoms with E-state index in [1.54, 1.807) is 16.2 Å². The Morgan fingerprint density at radius 1 is 1.20 bits per heavy atom. The molecule has 128 valence electrons. The Labute approximate surface area is 147 Å². The van der Waals surface area contributed by atoms with E-state index >= 15 is 0 Å². The molecule has 0 spiro atoms. The lowest BCUT2D eigenvalue weighted by atomic mass is 9.98. The van der Waals surface area contributed by atoms with Gasteiger partial charge in [0.15, 0.2) is 0 Å². The summed E-state index contributed by atoms with van der Waals surface area (Å²) in [6, 6.07) is 11.0. The van der Waals surface area contributed by atoms with Gasteiger partial charge in [0, 0.05) is 25.1 Å². The minimum absolute atomic E-state index is 0.0775. The molecular weight excluding hydrogens is 342 g/mol. The number of piperidine rings is 1. The molecule has 1 unspecified atom stereocenters. The number of carbonyl (C=O) groups is 1. The molecule has 6 heteroatoms. The van der Waals surface area contributed by atoms with Crippen molar-refractivity contribution in [1.82, 2.24) is 9.88 Å². The maximum absolute atomic E-state index is 13.9. The van der Waals surface area contributed by atoms with Crippen LogP contribution in [0.4, 0.5) is 8.78 Å². The van der Waals surface area contributed by atoms with Crippen LogP contribution in [0.15, 0.2) is 42.5 Å². The van der Waals surface area contributed by atoms with Gasteiger partial charge in [0.05, 0.1) is 20.8 Å². The number of likely N-dealkylation sites (tertiary alicyclic amines) is 1. The van der Waals surface area contributed by atoms with Crippen LogP contribution in [0.2, 0.25) is 0 Å². The topological polar surface area (TPSA) is 33.2 Å². The summed E-state index contributed by atoms with van der Waals surface area (Å²) in [6.07, 6.45) is 1.80. The van der Waals surface area contributed by atoms with E-state index in [4.69, 9.17) is 0 Å². The largest absolute Gasteiger partial charge is 0.338 e. The summed E-state index contributed by atoms with van der Waals surface area (Å²) in [7, 11) is 0. The molecule has 1 fully saturated rings. The van der Waals surface area contributed by atoms with E-state index in [2.05, 4.69) is 4.98 Å². The molecule has 2 heterocycles. The lowest BCUT2D eigenvalue weighted by Gasteiger charge is -2.32. The van der Waals surface area contributed by atoms with Crippen molar-refractivity contribution in [1.29, 1.82) is 0 Å². The van der Waals surface area contributed by atoms with Crippen molar-refractivity contribution in [2.24, 2.45) is 0 Å². The molecule has 25 heavy (non-hydrogen) atoms. The second-order valence-corrected chi connectivity index (χ2v) is 7.30. The fourth-order valence-corrected chi connectivity index (χ4v) is 4.35. The Balaban J connectivity index is 1.57. The Morgan fingerprint density at radius 2 is 2.04 bits per heavy atom. The number of rotatable bonds is 2. The van der Waals surface area contributed by atoms with Crippen LogP contribution in [-0.4, -0.2) is 28.9 Å². The molecule has 0 saturated carbocycles. The van der Waals surface area contributed by atoms with Crippen LogP contribution in [0.1, 0.15) is 34.1 Å². The zero-order chi connectivity index (χ0) is 17.4. The summed E-state index contributed by atoms with van der Waals surface area (Å²) in [5, 5.41) is 1.01. The van der Waals surface area contributed by atoms with Crippen LogP contribution in [0.3, 0.4) is 0 Å². The number of aromatic nitrogens is 1. The fourth-order valence-electron chi connectivity index (χ4n) is 3.26. The van der Waals surface area contributed by atoms with Crippen LogP contribution in [0.5, 0.6) is 0 Å². The zero-order valence-electron chi connectivity index (χ0n) is 13.4. The predicted octanol–water partition coefficient (Wildman–Crippen LogP) is 4.59. The van der Waals surface area contributed by atoms with Crippen molar-refractivity contribution in [3.63, 3.8) is 0 Å². The lowest BCUT2D eigenvalue weighted by molar-refractivity contribution is 0.0702. The second-order valence-electron chi connectivity index (χ2n) is 6.23. The first kappa shape index (κ1) is 16.1. The smallest absolute Gasteiger partial charge is 0.256 e. The molecule has 3 nitrogen and oxygen atoms in total. The Kier molecular flexibility index (Phi) is 4.21. The van der Waals surface area contributed by atoms with Crippen molar-refractivity contribution in [3.05, 3.63) is 64.7 Å². The number of hydrogen-bond donors (Lipinski definition) is 0. The van der Waals surface area contributed by atoms with Crippen LogP contribution >= 0.6 is 11.3 Å². The zero-order valence-corrected chi connectivity index (χ0v) is 14.2. The van der Waals surface area contributed by atoms with Gasteiger partial charge in [0.1, 0.15) is 11.6 Å². The Bertz CT molecular complexity index is 907. The van der Waals surface area contributed by atoms with E-state index in [1.165, 1.54) is 6.07 Å². The number of thiazole rings is 1. The average molecular weight is 358 g/mol. The average Bonchev–Trinajstić information content (AvgIpc) is 3.05. The molecule has 2 aromatic carbocycles. The van der Waals surface area contributed by atoms with Gasteiger partial charge in [-0.15, -0.1) is 11.3 Å². The number of benzene rings is 2. The normalized spacial score (nSPS) is 17.8. The molecule has 1 atom stereocenters. The van der Waals surface area contributed by atoms with Gasteiger partial charge in [0.2, 0.25) is 0 Å². The van der Waals surface area contributed by atoms with E-state index in [-0.39, 0.29) is 17.4 Å². The van der Waals surface area contributed by atoms with Crippen LogP contribution in [-0.2, 0) is 0 Å². The van der Waals surface area contributed by atoms with E-state index in [0.717, 1.165) is 40.2 Å². The van der Waals surface area contributed by atoms with Crippen LogP contribution in [0.25, 0.3) is 10.2 Å². The van der Waals surface area contributed by atoms with E-state index < -0.39 is 11.6 Å². The number of fused-ring (bicyclic) bond motifs is 1. The molecule has 0 N–H and O–H groups in total. The molecule has 0 aliphatic carbocycles. The van der Waals surface area contributed by atoms with Gasteiger partial charge in [-0.1, -0.05) is 12.1 Å². The van der Waals surface area contributed by atoms with Gasteiger partial charge >= 0.3 is 0 Å². The van der Waals surface area contributed by atoms with Gasteiger partial charge in [-0.25, -0.2) is 13.8 Å². The van der Waals surface area contributed by atoms with Crippen LogP contribution in [0, 0.1) is 11.6 Å². The number of hydrogen-bond acceptors (Lipinski definition) is 3. The molecule has 3 aromatic rings. The highest BCUT2D eigenvalue weighted by atomic mass is 32.1. The van der Waals surface area contributed by atoms with Crippen molar-refractivity contribution in [3.8, 4) is 0 Å². The summed E-state index contributed by atoms with van der Waals surface area (Å²) in [4.78, 5) is 19.0. The monoisotopic (exact) mass is 358 g/mol. The number of nitrogens with zero attached hydrogens (tertiary/aromatic N) is 2. The molecule has 1 aromatic heterocycles. The number of halogens is 2. The lowest BCUT2D eigenvalue weighted by Crippen LogP contribution is -2.39. The standard InChI is InChI=1S/C19H16F2N2OS/c20-13-7-8-14(15(21)10-13)19(24)23-9-3-4-12(11-23)18-22-16-5-1-2-6-17(16)25-18/h1-2,5-8,10,12H,3-4,9,11H2. The molecular formula is C19H16F2N2OS. The number of amides is 1. The number of para-hydroxylation sites is 1. The quantitative estimate of drug-likeness (QED) is 0.671. The van der Waals surface area contributed by atoms with Crippen LogP contribution < -0.4 is 0 Å². The summed E-state index contributed by atoms with van der Waals surface area (Å²) >= 11 is 1.65. The van der Waals surface area contributed by atoms with E-state index in [1.807, 2.05) is 24.3 Å². The predicted molar refractivity (Wildman–Crippen MR) is 93.9 cm³/mol. The first-order valence-electron chi connectivity index (χ1n) is 8.21. The van der Waals surface area contributed by atoms with Gasteiger partial charge in [-0.3, -0.25) is 4.79 Å². The van der Waals surface area contributed by atoms with Crippen molar-refractivity contribution >= 4 is 27.5 Å². The highest BCUT2D eigenvalue weighted by Gasteiger charge is 2.28. The minimum Gasteiger partial charge on any atom is -0.338 e. The molecule has 1 amide bonds. The first-order valence-corrected chi connectivity index (χ1v) is 9.03. The molecule has 0 bridgehead atoms. The molecule has 1 aliphatic rings. The third-order valence-electron chi connectivity index (χ3n) is 4.53. The van der Waals surface area contributed by atoms with Gasteiger partial charge < -0.3 is 4.90 Å². The van der Waals surface area contributed by atoms with Crippen molar-refractivity contribution in [2.75, 3.05) is 13.1 Å². The van der Waals surface area contributed by atoms with Crippen molar-refractivity contribution < 1.29 is 13.6 Å². The molecule has 1 aliphatic heterocycles. The summed E-state index contributed by atoms with van der Waals surface area (Å²) in [5.74, 6) is -1.73. The van der Waals surface area contributed by atoms with E-state index in [9.17, 15) is 13.6 Å². The number of carbonyl (C=O) groups excluding carboxylic acids is 1. The molecule has 4 rings (SSSR count). The Hall–Kier alpha value is -2.34. The Morgan fingerprint density at radius 3 is 2.84 bits per heavy atom. The SMILES string of the molecule is O=C(c1ccc(F)cc1F)N1CCCC(c2nc3ccccc3s2)C1. The first-order chi connectivity index (χ1) is 12.1. The van der Waals surface area contributed by atoms with E-state index in [0.29, 0.717) is 13.1 Å². The van der Waals surface area contributed by atoms with Gasteiger partial charge in [-0.05, 0) is 37.1 Å². The van der Waals surface area contributed by atoms with Gasteiger partial charge in [0.25, 0.3) is 5.91 Å². The molecule has 0 radical (unpaired) electrons. The minimum atomic E-state index is -0.813. The summed E-state index contributed by atoms with van der Waals surface area (Å²) < 4.78 is 28.1. The maximum Gasteiger partial charge on any atom is 0.256 e. The second kappa shape index (κ2) is 6.52. The summed E-state index contributed by atoms with van der Waals surface area (Å²) in [6.45, 7) is 1.09. The van der Waals surface area contributed by atoms with Gasteiger partial charge in [-0.2, -0.15) is 0 Å². The third kappa shape index (κ3) is 3.14. The highest BCUT2D eigenvalue weighted by molar-refractivity contribution is 7.18.